The lowest BCUT2D eigenvalue weighted by Crippen LogP contribution is -2.36. The molecule has 1 aromatic rings. The normalized spacial score (nSPS) is 17.1. The number of carbonyl (C=O) groups excluding carboxylic acids is 2. The fraction of sp³-hybridized carbons (Fsp3) is 0.526. The second kappa shape index (κ2) is 9.68. The fourth-order valence-electron chi connectivity index (χ4n) is 2.81. The Labute approximate surface area is 165 Å². The molecule has 1 aliphatic heterocycles. The summed E-state index contributed by atoms with van der Waals surface area (Å²) in [5, 5.41) is 2.79. The molecule has 9 heteroatoms. The van der Waals surface area contributed by atoms with Crippen LogP contribution in [0.15, 0.2) is 34.2 Å². The summed E-state index contributed by atoms with van der Waals surface area (Å²) < 4.78 is 31.2. The molecule has 0 aliphatic carbocycles. The predicted octanol–water partition coefficient (Wildman–Crippen LogP) is 1.60. The van der Waals surface area contributed by atoms with Gasteiger partial charge >= 0.3 is 5.97 Å². The van der Waals surface area contributed by atoms with Gasteiger partial charge < -0.3 is 10.1 Å². The van der Waals surface area contributed by atoms with Crippen molar-refractivity contribution in [3.05, 3.63) is 29.8 Å². The molecule has 0 fully saturated rings. The summed E-state index contributed by atoms with van der Waals surface area (Å²) in [7, 11) is -3.65. The van der Waals surface area contributed by atoms with Crippen molar-refractivity contribution in [1.82, 2.24) is 10.0 Å². The fourth-order valence-corrected chi connectivity index (χ4v) is 4.06. The average molecular weight is 410 g/mol. The number of nitrogens with zero attached hydrogens (tertiary/aromatic N) is 1. The van der Waals surface area contributed by atoms with Crippen LogP contribution in [-0.4, -0.2) is 45.3 Å². The van der Waals surface area contributed by atoms with Gasteiger partial charge in [0.15, 0.2) is 6.61 Å². The summed E-state index contributed by atoms with van der Waals surface area (Å²) in [6.45, 7) is 5.45. The minimum atomic E-state index is -3.65. The Balaban J connectivity index is 1.77. The molecule has 8 nitrogen and oxygen atoms in total. The van der Waals surface area contributed by atoms with E-state index in [1.807, 2.05) is 6.92 Å². The van der Waals surface area contributed by atoms with Crippen molar-refractivity contribution in [3.8, 4) is 0 Å². The van der Waals surface area contributed by atoms with Gasteiger partial charge in [0.25, 0.3) is 15.9 Å². The summed E-state index contributed by atoms with van der Waals surface area (Å²) >= 11 is 0. The van der Waals surface area contributed by atoms with Gasteiger partial charge in [-0.3, -0.25) is 19.3 Å². The number of nitrogens with one attached hydrogen (secondary N) is 2. The third kappa shape index (κ3) is 6.33. The number of amides is 1. The van der Waals surface area contributed by atoms with Gasteiger partial charge in [0, 0.05) is 11.6 Å². The molecule has 1 heterocycles. The maximum atomic E-state index is 12.0. The van der Waals surface area contributed by atoms with Crippen LogP contribution in [0.25, 0.3) is 0 Å². The Kier molecular flexibility index (Phi) is 7.56. The molecule has 0 bridgehead atoms. The molecule has 0 saturated carbocycles. The first-order chi connectivity index (χ1) is 13.2. The lowest BCUT2D eigenvalue weighted by atomic mass is 10.0. The first kappa shape index (κ1) is 21.9. The van der Waals surface area contributed by atoms with Crippen molar-refractivity contribution in [2.45, 2.75) is 51.0 Å². The number of hydrogen-bond donors (Lipinski definition) is 2. The zero-order chi connectivity index (χ0) is 20.7. The molecule has 1 atom stereocenters. The van der Waals surface area contributed by atoms with E-state index in [0.29, 0.717) is 11.5 Å². The van der Waals surface area contributed by atoms with E-state index in [9.17, 15) is 18.0 Å². The van der Waals surface area contributed by atoms with Crippen molar-refractivity contribution in [1.29, 1.82) is 0 Å². The molecule has 0 saturated heterocycles. The molecule has 1 unspecified atom stereocenters. The van der Waals surface area contributed by atoms with E-state index in [0.717, 1.165) is 19.3 Å². The SMILES string of the molecule is CC(C)CCCC(C)NC(=O)COC(=O)CN=C1NS(=O)(=O)c2ccccc21. The van der Waals surface area contributed by atoms with Crippen LogP contribution >= 0.6 is 0 Å². The number of fused-ring (bicyclic) bond motifs is 1. The monoisotopic (exact) mass is 409 g/mol. The maximum absolute atomic E-state index is 12.0. The van der Waals surface area contributed by atoms with Gasteiger partial charge in [-0.1, -0.05) is 38.8 Å². The topological polar surface area (TPSA) is 114 Å². The van der Waals surface area contributed by atoms with Crippen LogP contribution in [0.3, 0.4) is 0 Å². The Morgan fingerprint density at radius 3 is 2.61 bits per heavy atom. The maximum Gasteiger partial charge on any atom is 0.328 e. The second-order valence-corrected chi connectivity index (χ2v) is 8.87. The summed E-state index contributed by atoms with van der Waals surface area (Å²) in [5.41, 5.74) is 0.406. The van der Waals surface area contributed by atoms with E-state index in [-0.39, 0.29) is 35.8 Å². The van der Waals surface area contributed by atoms with E-state index in [1.165, 1.54) is 6.07 Å². The lowest BCUT2D eigenvalue weighted by Gasteiger charge is -2.14. The highest BCUT2D eigenvalue weighted by Crippen LogP contribution is 2.22. The Hall–Kier alpha value is -2.42. The van der Waals surface area contributed by atoms with Crippen molar-refractivity contribution in [2.24, 2.45) is 10.9 Å². The molecule has 2 N–H and O–H groups in total. The van der Waals surface area contributed by atoms with E-state index in [4.69, 9.17) is 4.74 Å². The largest absolute Gasteiger partial charge is 0.454 e. The number of hydrogen-bond acceptors (Lipinski definition) is 6. The van der Waals surface area contributed by atoms with E-state index in [1.54, 1.807) is 18.2 Å². The Morgan fingerprint density at radius 1 is 1.18 bits per heavy atom. The van der Waals surface area contributed by atoms with Gasteiger partial charge in [0.05, 0.1) is 4.90 Å². The number of benzene rings is 1. The van der Waals surface area contributed by atoms with Crippen molar-refractivity contribution < 1.29 is 22.7 Å². The van der Waals surface area contributed by atoms with Crippen LogP contribution < -0.4 is 10.0 Å². The van der Waals surface area contributed by atoms with E-state index >= 15 is 0 Å². The molecular weight excluding hydrogens is 382 g/mol. The zero-order valence-electron chi connectivity index (χ0n) is 16.4. The Morgan fingerprint density at radius 2 is 1.89 bits per heavy atom. The van der Waals surface area contributed by atoms with Crippen LogP contribution in [0.1, 0.15) is 45.6 Å². The number of aliphatic imine (C=N–C) groups is 1. The number of amidine groups is 1. The first-order valence-corrected chi connectivity index (χ1v) is 10.8. The van der Waals surface area contributed by atoms with Gasteiger partial charge in [-0.05, 0) is 31.4 Å². The van der Waals surface area contributed by atoms with Gasteiger partial charge in [0.2, 0.25) is 0 Å². The third-order valence-electron chi connectivity index (χ3n) is 4.22. The van der Waals surface area contributed by atoms with E-state index < -0.39 is 16.0 Å². The summed E-state index contributed by atoms with van der Waals surface area (Å²) in [5.74, 6) is -0.360. The molecule has 1 aromatic carbocycles. The average Bonchev–Trinajstić information content (AvgIpc) is 2.89. The number of rotatable bonds is 9. The van der Waals surface area contributed by atoms with Gasteiger partial charge in [-0.15, -0.1) is 0 Å². The molecule has 0 radical (unpaired) electrons. The number of esters is 1. The highest BCUT2D eigenvalue weighted by Gasteiger charge is 2.30. The van der Waals surface area contributed by atoms with Crippen LogP contribution in [0.4, 0.5) is 0 Å². The lowest BCUT2D eigenvalue weighted by molar-refractivity contribution is -0.147. The Bertz CT molecular complexity index is 849. The number of sulfonamides is 1. The smallest absolute Gasteiger partial charge is 0.328 e. The summed E-state index contributed by atoms with van der Waals surface area (Å²) in [6, 6.07) is 6.37. The molecule has 2 rings (SSSR count). The molecule has 1 aliphatic rings. The highest BCUT2D eigenvalue weighted by molar-refractivity contribution is 7.90. The van der Waals surface area contributed by atoms with Gasteiger partial charge in [-0.25, -0.2) is 8.42 Å². The zero-order valence-corrected chi connectivity index (χ0v) is 17.2. The molecule has 0 spiro atoms. The standard InChI is InChI=1S/C19H27N3O5S/c1-13(2)7-6-8-14(3)21-17(23)12-27-18(24)11-20-19-15-9-4-5-10-16(15)28(25,26)22-19/h4-5,9-10,13-14H,6-8,11-12H2,1-3H3,(H,20,22)(H,21,23). The molecule has 1 amide bonds. The number of carbonyl (C=O) groups is 2. The van der Waals surface area contributed by atoms with Crippen LogP contribution in [-0.2, 0) is 24.3 Å². The van der Waals surface area contributed by atoms with Crippen molar-refractivity contribution in [2.75, 3.05) is 13.2 Å². The van der Waals surface area contributed by atoms with Crippen molar-refractivity contribution >= 4 is 27.7 Å². The molecule has 0 aromatic heterocycles. The van der Waals surface area contributed by atoms with Crippen molar-refractivity contribution in [3.63, 3.8) is 0 Å². The highest BCUT2D eigenvalue weighted by atomic mass is 32.2. The van der Waals surface area contributed by atoms with Crippen LogP contribution in [0.5, 0.6) is 0 Å². The minimum absolute atomic E-state index is 0.00888. The minimum Gasteiger partial charge on any atom is -0.454 e. The first-order valence-electron chi connectivity index (χ1n) is 9.30. The molecule has 154 valence electrons. The predicted molar refractivity (Wildman–Crippen MR) is 105 cm³/mol. The quantitative estimate of drug-likeness (QED) is 0.601. The molecule has 28 heavy (non-hydrogen) atoms. The summed E-state index contributed by atoms with van der Waals surface area (Å²) in [4.78, 5) is 27.8. The molecular formula is C19H27N3O5S. The van der Waals surface area contributed by atoms with Gasteiger partial charge in [0.1, 0.15) is 12.4 Å². The van der Waals surface area contributed by atoms with Gasteiger partial charge in [-0.2, -0.15) is 0 Å². The second-order valence-electron chi connectivity index (χ2n) is 7.22. The van der Waals surface area contributed by atoms with Crippen LogP contribution in [0, 0.1) is 5.92 Å². The van der Waals surface area contributed by atoms with Crippen LogP contribution in [0.2, 0.25) is 0 Å². The number of ether oxygens (including phenoxy) is 1. The summed E-state index contributed by atoms with van der Waals surface area (Å²) in [6.07, 6.45) is 2.99. The van der Waals surface area contributed by atoms with E-state index in [2.05, 4.69) is 28.9 Å². The third-order valence-corrected chi connectivity index (χ3v) is 5.62.